The first-order chi connectivity index (χ1) is 12.7. The van der Waals surface area contributed by atoms with E-state index in [0.29, 0.717) is 18.3 Å². The maximum atomic E-state index is 5.77. The topological polar surface area (TPSA) is 104 Å². The lowest BCUT2D eigenvalue weighted by molar-refractivity contribution is 0.462. The molecule has 0 aliphatic carbocycles. The van der Waals surface area contributed by atoms with Crippen LogP contribution in [0.1, 0.15) is 37.3 Å². The van der Waals surface area contributed by atoms with Crippen LogP contribution in [-0.4, -0.2) is 47.4 Å². The zero-order valence-electron chi connectivity index (χ0n) is 14.9. The zero-order valence-corrected chi connectivity index (χ0v) is 14.9. The quantitative estimate of drug-likeness (QED) is 0.737. The van der Waals surface area contributed by atoms with Crippen molar-refractivity contribution in [2.24, 2.45) is 0 Å². The Morgan fingerprint density at radius 3 is 2.73 bits per heavy atom. The SMILES string of the molecule is CCn1c(Cn2ccnc2)nnc1C1CCN(c2cc(N)ncn2)CC1. The first-order valence-corrected chi connectivity index (χ1v) is 8.94. The minimum atomic E-state index is 0.412. The van der Waals surface area contributed by atoms with Crippen molar-refractivity contribution < 1.29 is 0 Å². The van der Waals surface area contributed by atoms with Gasteiger partial charge in [0, 0.05) is 44.0 Å². The van der Waals surface area contributed by atoms with Gasteiger partial charge in [0.05, 0.1) is 12.9 Å². The van der Waals surface area contributed by atoms with E-state index < -0.39 is 0 Å². The van der Waals surface area contributed by atoms with Crippen LogP contribution in [0.15, 0.2) is 31.1 Å². The van der Waals surface area contributed by atoms with Gasteiger partial charge in [0.15, 0.2) is 5.82 Å². The Hall–Kier alpha value is -2.97. The third-order valence-corrected chi connectivity index (χ3v) is 4.91. The van der Waals surface area contributed by atoms with Crippen molar-refractivity contribution in [3.63, 3.8) is 0 Å². The second-order valence-corrected chi connectivity index (χ2v) is 6.52. The predicted octanol–water partition coefficient (Wildman–Crippen LogP) is 1.30. The molecule has 0 amide bonds. The predicted molar refractivity (Wildman–Crippen MR) is 97.7 cm³/mol. The zero-order chi connectivity index (χ0) is 17.9. The van der Waals surface area contributed by atoms with Crippen molar-refractivity contribution in [3.8, 4) is 0 Å². The molecular formula is C17H23N9. The lowest BCUT2D eigenvalue weighted by Crippen LogP contribution is -2.34. The molecule has 1 saturated heterocycles. The van der Waals surface area contributed by atoms with E-state index in [9.17, 15) is 0 Å². The molecule has 0 radical (unpaired) electrons. The maximum absolute atomic E-state index is 5.77. The van der Waals surface area contributed by atoms with Crippen LogP contribution < -0.4 is 10.6 Å². The number of rotatable bonds is 5. The molecule has 0 spiro atoms. The highest BCUT2D eigenvalue weighted by molar-refractivity contribution is 5.46. The summed E-state index contributed by atoms with van der Waals surface area (Å²) in [6.45, 7) is 5.56. The summed E-state index contributed by atoms with van der Waals surface area (Å²) >= 11 is 0. The summed E-state index contributed by atoms with van der Waals surface area (Å²) in [7, 11) is 0. The number of anilines is 2. The van der Waals surface area contributed by atoms with E-state index in [1.54, 1.807) is 12.5 Å². The largest absolute Gasteiger partial charge is 0.384 e. The summed E-state index contributed by atoms with van der Waals surface area (Å²) in [6.07, 6.45) is 9.09. The van der Waals surface area contributed by atoms with Gasteiger partial charge >= 0.3 is 0 Å². The summed E-state index contributed by atoms with van der Waals surface area (Å²) in [5, 5.41) is 8.96. The average Bonchev–Trinajstić information content (AvgIpc) is 3.32. The van der Waals surface area contributed by atoms with Crippen molar-refractivity contribution >= 4 is 11.6 Å². The standard InChI is InChI=1S/C17H23N9/c1-2-26-16(10-24-8-5-19-12-24)22-23-17(26)13-3-6-25(7-4-13)15-9-14(18)20-11-21-15/h5,8-9,11-13H,2-4,6-7,10H2,1H3,(H2,18,20,21). The lowest BCUT2D eigenvalue weighted by Gasteiger charge is -2.32. The summed E-state index contributed by atoms with van der Waals surface area (Å²) in [6, 6.07) is 1.83. The Morgan fingerprint density at radius 2 is 2.04 bits per heavy atom. The molecule has 4 rings (SSSR count). The van der Waals surface area contributed by atoms with Gasteiger partial charge in [-0.15, -0.1) is 10.2 Å². The van der Waals surface area contributed by atoms with E-state index in [-0.39, 0.29) is 0 Å². The third kappa shape index (κ3) is 3.24. The first kappa shape index (κ1) is 16.5. The molecule has 9 nitrogen and oxygen atoms in total. The smallest absolute Gasteiger partial charge is 0.153 e. The van der Waals surface area contributed by atoms with Crippen LogP contribution in [0.5, 0.6) is 0 Å². The van der Waals surface area contributed by atoms with Crippen LogP contribution >= 0.6 is 0 Å². The molecule has 0 unspecified atom stereocenters. The normalized spacial score (nSPS) is 15.5. The second-order valence-electron chi connectivity index (χ2n) is 6.52. The minimum Gasteiger partial charge on any atom is -0.384 e. The molecule has 0 bridgehead atoms. The van der Waals surface area contributed by atoms with Crippen LogP contribution in [0, 0.1) is 0 Å². The molecule has 1 aliphatic heterocycles. The number of imidazole rings is 1. The van der Waals surface area contributed by atoms with Crippen molar-refractivity contribution in [2.75, 3.05) is 23.7 Å². The van der Waals surface area contributed by atoms with Gasteiger partial charge in [-0.1, -0.05) is 0 Å². The fourth-order valence-corrected chi connectivity index (χ4v) is 3.56. The second kappa shape index (κ2) is 7.11. The molecule has 2 N–H and O–H groups in total. The Kier molecular flexibility index (Phi) is 4.51. The van der Waals surface area contributed by atoms with Gasteiger partial charge in [0.25, 0.3) is 0 Å². The van der Waals surface area contributed by atoms with Crippen molar-refractivity contribution in [3.05, 3.63) is 42.8 Å². The highest BCUT2D eigenvalue weighted by atomic mass is 15.3. The van der Waals surface area contributed by atoms with Crippen molar-refractivity contribution in [1.29, 1.82) is 0 Å². The summed E-state index contributed by atoms with van der Waals surface area (Å²) in [5.41, 5.74) is 5.77. The number of hydrogen-bond donors (Lipinski definition) is 1. The highest BCUT2D eigenvalue weighted by Gasteiger charge is 2.26. The molecule has 3 aromatic rings. The fourth-order valence-electron chi connectivity index (χ4n) is 3.56. The van der Waals surface area contributed by atoms with E-state index in [0.717, 1.165) is 49.9 Å². The van der Waals surface area contributed by atoms with E-state index >= 15 is 0 Å². The van der Waals surface area contributed by atoms with Crippen molar-refractivity contribution in [1.82, 2.24) is 34.3 Å². The monoisotopic (exact) mass is 353 g/mol. The molecular weight excluding hydrogens is 330 g/mol. The minimum absolute atomic E-state index is 0.412. The van der Waals surface area contributed by atoms with Gasteiger partial charge in [-0.25, -0.2) is 15.0 Å². The number of nitrogen functional groups attached to an aromatic ring is 1. The maximum Gasteiger partial charge on any atom is 0.153 e. The van der Waals surface area contributed by atoms with E-state index in [1.807, 2.05) is 16.8 Å². The van der Waals surface area contributed by atoms with Gasteiger partial charge < -0.3 is 19.8 Å². The summed E-state index contributed by atoms with van der Waals surface area (Å²) in [4.78, 5) is 14.7. The Labute approximate surface area is 151 Å². The third-order valence-electron chi connectivity index (χ3n) is 4.91. The van der Waals surface area contributed by atoms with Crippen LogP contribution in [0.25, 0.3) is 0 Å². The van der Waals surface area contributed by atoms with Gasteiger partial charge in [-0.2, -0.15) is 0 Å². The van der Waals surface area contributed by atoms with Crippen LogP contribution in [0.4, 0.5) is 11.6 Å². The summed E-state index contributed by atoms with van der Waals surface area (Å²) < 4.78 is 4.26. The summed E-state index contributed by atoms with van der Waals surface area (Å²) in [5.74, 6) is 3.88. The van der Waals surface area contributed by atoms with Crippen LogP contribution in [0.2, 0.25) is 0 Å². The molecule has 1 aliphatic rings. The van der Waals surface area contributed by atoms with Gasteiger partial charge in [-0.3, -0.25) is 0 Å². The number of aromatic nitrogens is 7. The fraction of sp³-hybridized carbons (Fsp3) is 0.471. The van der Waals surface area contributed by atoms with Crippen LogP contribution in [-0.2, 0) is 13.1 Å². The van der Waals surface area contributed by atoms with Gasteiger partial charge in [0.2, 0.25) is 0 Å². The molecule has 1 fully saturated rings. The van der Waals surface area contributed by atoms with E-state index in [1.165, 1.54) is 6.33 Å². The Balaban J connectivity index is 1.46. The van der Waals surface area contributed by atoms with E-state index in [4.69, 9.17) is 5.73 Å². The molecule has 3 aromatic heterocycles. The van der Waals surface area contributed by atoms with Gasteiger partial charge in [-0.05, 0) is 19.8 Å². The molecule has 26 heavy (non-hydrogen) atoms. The Bertz CT molecular complexity index is 847. The van der Waals surface area contributed by atoms with Crippen LogP contribution in [0.3, 0.4) is 0 Å². The first-order valence-electron chi connectivity index (χ1n) is 8.94. The Morgan fingerprint density at radius 1 is 1.19 bits per heavy atom. The molecule has 9 heteroatoms. The number of nitrogens with two attached hydrogens (primary N) is 1. The number of piperidine rings is 1. The molecule has 136 valence electrons. The van der Waals surface area contributed by atoms with Crippen molar-refractivity contribution in [2.45, 2.75) is 38.8 Å². The van der Waals surface area contributed by atoms with Gasteiger partial charge in [0.1, 0.15) is 23.8 Å². The number of hydrogen-bond acceptors (Lipinski definition) is 7. The highest BCUT2D eigenvalue weighted by Crippen LogP contribution is 2.29. The van der Waals surface area contributed by atoms with E-state index in [2.05, 4.69) is 41.5 Å². The number of nitrogens with zero attached hydrogens (tertiary/aromatic N) is 8. The lowest BCUT2D eigenvalue weighted by atomic mass is 9.96. The molecule has 0 aromatic carbocycles. The average molecular weight is 353 g/mol. The molecule has 0 saturated carbocycles. The molecule has 4 heterocycles. The molecule has 0 atom stereocenters.